The van der Waals surface area contributed by atoms with E-state index in [0.717, 1.165) is 26.3 Å². The van der Waals surface area contributed by atoms with Crippen LogP contribution < -0.4 is 0 Å². The first-order valence-electron chi connectivity index (χ1n) is 2.66. The Morgan fingerprint density at radius 2 is 1.75 bits per heavy atom. The number of likely N-dealkylation sites (N-methyl/N-ethyl adjacent to an activating group) is 1. The van der Waals surface area contributed by atoms with Crippen molar-refractivity contribution in [2.45, 2.75) is 0 Å². The second kappa shape index (κ2) is 4.71. The summed E-state index contributed by atoms with van der Waals surface area (Å²) in [6, 6.07) is 0. The minimum atomic E-state index is 0. The van der Waals surface area contributed by atoms with Gasteiger partial charge in [-0.05, 0) is 7.05 Å². The fourth-order valence-corrected chi connectivity index (χ4v) is 0.655. The molecule has 0 spiro atoms. The summed E-state index contributed by atoms with van der Waals surface area (Å²) in [6.45, 7) is 4.02. The van der Waals surface area contributed by atoms with E-state index >= 15 is 0 Å². The van der Waals surface area contributed by atoms with Crippen molar-refractivity contribution in [3.05, 3.63) is 0 Å². The maximum Gasteiger partial charge on any atom is 0.0594 e. The van der Waals surface area contributed by atoms with E-state index in [1.54, 1.807) is 0 Å². The van der Waals surface area contributed by atoms with Crippen LogP contribution >= 0.6 is 0 Å². The molecule has 1 fully saturated rings. The van der Waals surface area contributed by atoms with E-state index in [1.165, 1.54) is 0 Å². The molecule has 0 aromatic rings. The van der Waals surface area contributed by atoms with Crippen LogP contribution in [0.3, 0.4) is 0 Å². The molecule has 1 rings (SSSR count). The van der Waals surface area contributed by atoms with Crippen LogP contribution in [0, 0.1) is 0 Å². The number of hydrogen-bond donors (Lipinski definition) is 0. The van der Waals surface area contributed by atoms with Gasteiger partial charge >= 0.3 is 0 Å². The molecule has 0 radical (unpaired) electrons. The zero-order valence-corrected chi connectivity index (χ0v) is 10.9. The zero-order valence-electron chi connectivity index (χ0n) is 5.39. The smallest absolute Gasteiger partial charge is 0.0594 e. The molecule has 1 aliphatic heterocycles. The van der Waals surface area contributed by atoms with E-state index in [0.29, 0.717) is 0 Å². The Bertz CT molecular complexity index is 54.4. The van der Waals surface area contributed by atoms with Crippen molar-refractivity contribution in [1.82, 2.24) is 4.90 Å². The summed E-state index contributed by atoms with van der Waals surface area (Å²) in [7, 11) is 2.11. The summed E-state index contributed by atoms with van der Waals surface area (Å²) in [5.41, 5.74) is 0. The van der Waals surface area contributed by atoms with Gasteiger partial charge in [-0.15, -0.1) is 0 Å². The van der Waals surface area contributed by atoms with Crippen molar-refractivity contribution in [3.8, 4) is 0 Å². The summed E-state index contributed by atoms with van der Waals surface area (Å²) < 4.78 is 5.10. The average molecular weight is 302 g/mol. The molecule has 3 heteroatoms. The van der Waals surface area contributed by atoms with Gasteiger partial charge in [-0.3, -0.25) is 0 Å². The fraction of sp³-hybridized carbons (Fsp3) is 1.00. The molecule has 0 saturated carbocycles. The summed E-state index contributed by atoms with van der Waals surface area (Å²) in [5.74, 6) is 0. The third-order valence-corrected chi connectivity index (χ3v) is 1.23. The van der Waals surface area contributed by atoms with E-state index in [9.17, 15) is 0 Å². The van der Waals surface area contributed by atoms with Gasteiger partial charge < -0.3 is 9.64 Å². The van der Waals surface area contributed by atoms with Crippen LogP contribution in [0.25, 0.3) is 0 Å². The molecular weight excluding hydrogens is 291 g/mol. The van der Waals surface area contributed by atoms with E-state index in [-0.39, 0.29) is 27.7 Å². The van der Waals surface area contributed by atoms with Gasteiger partial charge in [0.25, 0.3) is 0 Å². The summed E-state index contributed by atoms with van der Waals surface area (Å²) >= 11 is 0. The van der Waals surface area contributed by atoms with Crippen LogP contribution in [-0.2, 0) is 32.4 Å². The zero-order chi connectivity index (χ0) is 5.11. The monoisotopic (exact) mass is 303 g/mol. The largest absolute Gasteiger partial charge is 0.379 e. The van der Waals surface area contributed by atoms with E-state index in [1.807, 2.05) is 0 Å². The van der Waals surface area contributed by atoms with Gasteiger partial charge in [0.1, 0.15) is 0 Å². The van der Waals surface area contributed by atoms with Crippen molar-refractivity contribution in [2.24, 2.45) is 0 Å². The number of ether oxygens (including phenoxy) is 1. The van der Waals surface area contributed by atoms with Crippen molar-refractivity contribution in [1.29, 1.82) is 0 Å². The first-order valence-corrected chi connectivity index (χ1v) is 2.66. The molecule has 0 unspecified atom stereocenters. The molecule has 1 heterocycles. The summed E-state index contributed by atoms with van der Waals surface area (Å²) in [5, 5.41) is 0. The molecule has 0 aliphatic carbocycles. The Morgan fingerprint density at radius 3 is 2.00 bits per heavy atom. The quantitative estimate of drug-likeness (QED) is 0.582. The summed E-state index contributed by atoms with van der Waals surface area (Å²) in [4.78, 5) is 2.27. The molecule has 44 valence electrons. The second-order valence-corrected chi connectivity index (χ2v) is 1.92. The minimum Gasteiger partial charge on any atom is -0.379 e. The summed E-state index contributed by atoms with van der Waals surface area (Å²) in [6.07, 6.45) is 0. The van der Waals surface area contributed by atoms with Crippen molar-refractivity contribution >= 4 is 0 Å². The molecule has 0 atom stereocenters. The Labute approximate surface area is 70.7 Å². The second-order valence-electron chi connectivity index (χ2n) is 1.92. The van der Waals surface area contributed by atoms with Gasteiger partial charge in [-0.1, -0.05) is 0 Å². The first-order chi connectivity index (χ1) is 3.39. The van der Waals surface area contributed by atoms with Crippen LogP contribution in [0.1, 0.15) is 0 Å². The molecule has 0 bridgehead atoms. The molecule has 8 heavy (non-hydrogen) atoms. The fourth-order valence-electron chi connectivity index (χ4n) is 0.655. The van der Waals surface area contributed by atoms with E-state index in [2.05, 4.69) is 11.9 Å². The van der Waals surface area contributed by atoms with Crippen LogP contribution in [0.4, 0.5) is 0 Å². The molecular formula is C5H11HgNO. The molecule has 1 saturated heterocycles. The minimum absolute atomic E-state index is 0. The molecule has 1 aliphatic rings. The van der Waals surface area contributed by atoms with Gasteiger partial charge in [0.2, 0.25) is 0 Å². The molecule has 0 amide bonds. The van der Waals surface area contributed by atoms with E-state index < -0.39 is 0 Å². The predicted octanol–water partition coefficient (Wildman–Crippen LogP) is -0.0541. The predicted molar refractivity (Wildman–Crippen MR) is 28.3 cm³/mol. The Hall–Kier alpha value is 0.855. The third kappa shape index (κ3) is 3.00. The maximum absolute atomic E-state index is 5.10. The SMILES string of the molecule is CN1CCOCC1.[Hg]. The molecule has 0 aromatic carbocycles. The topological polar surface area (TPSA) is 12.5 Å². The first kappa shape index (κ1) is 8.86. The van der Waals surface area contributed by atoms with Gasteiger partial charge in [-0.2, -0.15) is 0 Å². The van der Waals surface area contributed by atoms with Gasteiger partial charge in [0, 0.05) is 40.8 Å². The van der Waals surface area contributed by atoms with Crippen LogP contribution in [-0.4, -0.2) is 38.3 Å². The van der Waals surface area contributed by atoms with Crippen molar-refractivity contribution in [2.75, 3.05) is 33.4 Å². The Morgan fingerprint density at radius 1 is 1.25 bits per heavy atom. The maximum atomic E-state index is 5.10. The molecule has 0 aromatic heterocycles. The van der Waals surface area contributed by atoms with Gasteiger partial charge in [-0.25, -0.2) is 0 Å². The number of morpholine rings is 1. The Kier molecular flexibility index (Phi) is 5.21. The van der Waals surface area contributed by atoms with Crippen LogP contribution in [0.5, 0.6) is 0 Å². The molecule has 2 nitrogen and oxygen atoms in total. The number of hydrogen-bond acceptors (Lipinski definition) is 2. The van der Waals surface area contributed by atoms with Crippen molar-refractivity contribution in [3.63, 3.8) is 0 Å². The van der Waals surface area contributed by atoms with E-state index in [4.69, 9.17) is 4.74 Å². The standard InChI is InChI=1S/C5H11NO.Hg/c1-6-2-4-7-5-3-6;/h2-5H2,1H3;. The van der Waals surface area contributed by atoms with Crippen LogP contribution in [0.2, 0.25) is 0 Å². The average Bonchev–Trinajstić information content (AvgIpc) is 1.69. The third-order valence-electron chi connectivity index (χ3n) is 1.23. The Balaban J connectivity index is 0.000000490. The van der Waals surface area contributed by atoms with Crippen LogP contribution in [0.15, 0.2) is 0 Å². The van der Waals surface area contributed by atoms with Crippen molar-refractivity contribution < 1.29 is 32.4 Å². The number of rotatable bonds is 0. The number of nitrogens with zero attached hydrogens (tertiary/aromatic N) is 1. The van der Waals surface area contributed by atoms with Gasteiger partial charge in [0.05, 0.1) is 13.2 Å². The van der Waals surface area contributed by atoms with Gasteiger partial charge in [0.15, 0.2) is 0 Å². The molecule has 0 N–H and O–H groups in total. The normalized spacial score (nSPS) is 22.1.